The molecule has 0 aliphatic carbocycles. The topological polar surface area (TPSA) is 78.5 Å². The lowest BCUT2D eigenvalue weighted by molar-refractivity contribution is 0.233. The predicted molar refractivity (Wildman–Crippen MR) is 43.9 cm³/mol. The van der Waals surface area contributed by atoms with Gasteiger partial charge in [-0.25, -0.2) is 4.79 Å². The highest BCUT2D eigenvalue weighted by Gasteiger charge is 2.18. The number of aromatic nitrogens is 6. The molecule has 7 nitrogen and oxygen atoms in total. The van der Waals surface area contributed by atoms with Gasteiger partial charge in [0.25, 0.3) is 5.95 Å². The molecule has 2 heterocycles. The molecular formula is C5H2BrFN6O. The fourth-order valence-electron chi connectivity index (χ4n) is 0.781. The lowest BCUT2D eigenvalue weighted by atomic mass is 10.8. The highest BCUT2D eigenvalue weighted by atomic mass is 79.9. The Morgan fingerprint density at radius 2 is 2.29 bits per heavy atom. The smallest absolute Gasteiger partial charge is 0.243 e. The van der Waals surface area contributed by atoms with Crippen molar-refractivity contribution in [3.8, 4) is 0 Å². The minimum Gasteiger partial charge on any atom is -0.243 e. The van der Waals surface area contributed by atoms with Gasteiger partial charge in [0.05, 0.1) is 12.4 Å². The zero-order chi connectivity index (χ0) is 10.1. The molecule has 0 radical (unpaired) electrons. The van der Waals surface area contributed by atoms with Crippen LogP contribution in [0.2, 0.25) is 0 Å². The van der Waals surface area contributed by atoms with Crippen LogP contribution in [0.25, 0.3) is 0 Å². The van der Waals surface area contributed by atoms with Gasteiger partial charge < -0.3 is 0 Å². The molecule has 2 aromatic rings. The number of hydrogen-bond donors (Lipinski definition) is 0. The molecule has 0 saturated heterocycles. The van der Waals surface area contributed by atoms with Crippen molar-refractivity contribution < 1.29 is 9.18 Å². The monoisotopic (exact) mass is 260 g/mol. The molecule has 0 spiro atoms. The number of carbonyl (C=O) groups excluding carboxylic acids is 1. The Bertz CT molecular complexity index is 465. The van der Waals surface area contributed by atoms with E-state index in [1.165, 1.54) is 12.4 Å². The standard InChI is InChI=1S/C5H2BrFN6O/c6-3-4(7)13(11-9-3)5(14)12-2-1-8-10-12/h1-2H. The first kappa shape index (κ1) is 8.94. The normalized spacial score (nSPS) is 10.4. The average molecular weight is 261 g/mol. The second kappa shape index (κ2) is 3.25. The van der Waals surface area contributed by atoms with Crippen LogP contribution in [0, 0.1) is 5.95 Å². The fraction of sp³-hybridized carbons (Fsp3) is 0. The zero-order valence-corrected chi connectivity index (χ0v) is 8.09. The van der Waals surface area contributed by atoms with Crippen LogP contribution in [0.5, 0.6) is 0 Å². The molecule has 0 bridgehead atoms. The van der Waals surface area contributed by atoms with E-state index in [1.54, 1.807) is 0 Å². The molecule has 0 N–H and O–H groups in total. The van der Waals surface area contributed by atoms with Crippen molar-refractivity contribution >= 4 is 22.0 Å². The van der Waals surface area contributed by atoms with Crippen molar-refractivity contribution in [1.82, 2.24) is 30.0 Å². The van der Waals surface area contributed by atoms with Gasteiger partial charge in [-0.05, 0) is 15.9 Å². The second-order valence-corrected chi connectivity index (χ2v) is 2.96. The highest BCUT2D eigenvalue weighted by molar-refractivity contribution is 9.10. The Hall–Kier alpha value is -1.64. The maximum absolute atomic E-state index is 13.1. The number of halogens is 2. The van der Waals surface area contributed by atoms with E-state index in [4.69, 9.17) is 0 Å². The van der Waals surface area contributed by atoms with Crippen LogP contribution in [0.15, 0.2) is 17.0 Å². The molecular weight excluding hydrogens is 259 g/mol. The first-order valence-electron chi connectivity index (χ1n) is 3.38. The average Bonchev–Trinajstić information content (AvgIpc) is 2.77. The molecule has 0 saturated carbocycles. The molecule has 2 rings (SSSR count). The van der Waals surface area contributed by atoms with Crippen LogP contribution >= 0.6 is 15.9 Å². The van der Waals surface area contributed by atoms with E-state index in [1.807, 2.05) is 0 Å². The van der Waals surface area contributed by atoms with Crippen LogP contribution in [0.1, 0.15) is 0 Å². The van der Waals surface area contributed by atoms with Crippen molar-refractivity contribution in [1.29, 1.82) is 0 Å². The minimum absolute atomic E-state index is 0.133. The van der Waals surface area contributed by atoms with E-state index in [9.17, 15) is 9.18 Å². The molecule has 0 atom stereocenters. The summed E-state index contributed by atoms with van der Waals surface area (Å²) in [6.45, 7) is 0. The van der Waals surface area contributed by atoms with E-state index in [0.717, 1.165) is 4.68 Å². The molecule has 0 aliphatic heterocycles. The molecule has 0 amide bonds. The summed E-state index contributed by atoms with van der Waals surface area (Å²) < 4.78 is 14.3. The van der Waals surface area contributed by atoms with E-state index in [-0.39, 0.29) is 4.60 Å². The molecule has 2 aromatic heterocycles. The summed E-state index contributed by atoms with van der Waals surface area (Å²) >= 11 is 2.78. The summed E-state index contributed by atoms with van der Waals surface area (Å²) in [6, 6.07) is -0.793. The van der Waals surface area contributed by atoms with Gasteiger partial charge in [-0.3, -0.25) is 0 Å². The van der Waals surface area contributed by atoms with Gasteiger partial charge in [-0.15, -0.1) is 14.9 Å². The Labute approximate surface area is 84.6 Å². The van der Waals surface area contributed by atoms with E-state index in [0.29, 0.717) is 4.68 Å². The van der Waals surface area contributed by atoms with Crippen LogP contribution in [-0.2, 0) is 0 Å². The number of hydrogen-bond acceptors (Lipinski definition) is 5. The maximum Gasteiger partial charge on any atom is 0.374 e. The third-order valence-corrected chi connectivity index (χ3v) is 1.86. The molecule has 0 aliphatic rings. The number of nitrogens with zero attached hydrogens (tertiary/aromatic N) is 6. The SMILES string of the molecule is O=C(n1ccnn1)n1nnc(Br)c1F. The molecule has 0 fully saturated rings. The summed E-state index contributed by atoms with van der Waals surface area (Å²) in [7, 11) is 0. The van der Waals surface area contributed by atoms with Crippen molar-refractivity contribution in [3.63, 3.8) is 0 Å². The van der Waals surface area contributed by atoms with Gasteiger partial charge in [0.15, 0.2) is 4.60 Å². The number of carbonyl (C=O) groups is 1. The van der Waals surface area contributed by atoms with Crippen molar-refractivity contribution in [3.05, 3.63) is 22.9 Å². The Kier molecular flexibility index (Phi) is 2.08. The first-order valence-corrected chi connectivity index (χ1v) is 4.17. The fourth-order valence-corrected chi connectivity index (χ4v) is 1.02. The van der Waals surface area contributed by atoms with E-state index >= 15 is 0 Å². The van der Waals surface area contributed by atoms with Crippen LogP contribution in [0.4, 0.5) is 9.18 Å². The van der Waals surface area contributed by atoms with Gasteiger partial charge in [-0.2, -0.15) is 9.07 Å². The summed E-state index contributed by atoms with van der Waals surface area (Å²) in [5.41, 5.74) is 0. The third kappa shape index (κ3) is 1.31. The quantitative estimate of drug-likeness (QED) is 0.680. The highest BCUT2D eigenvalue weighted by Crippen LogP contribution is 2.09. The third-order valence-electron chi connectivity index (χ3n) is 1.38. The Balaban J connectivity index is 2.42. The van der Waals surface area contributed by atoms with Gasteiger partial charge in [-0.1, -0.05) is 10.4 Å². The Morgan fingerprint density at radius 1 is 1.50 bits per heavy atom. The largest absolute Gasteiger partial charge is 0.374 e. The number of rotatable bonds is 0. The predicted octanol–water partition coefficient (Wildman–Crippen LogP) is 0.288. The molecule has 14 heavy (non-hydrogen) atoms. The van der Waals surface area contributed by atoms with E-state index in [2.05, 4.69) is 36.6 Å². The summed E-state index contributed by atoms with van der Waals surface area (Å²) in [4.78, 5) is 11.4. The van der Waals surface area contributed by atoms with E-state index < -0.39 is 12.0 Å². The van der Waals surface area contributed by atoms with Gasteiger partial charge in [0, 0.05) is 0 Å². The zero-order valence-electron chi connectivity index (χ0n) is 6.50. The van der Waals surface area contributed by atoms with Crippen LogP contribution < -0.4 is 0 Å². The van der Waals surface area contributed by atoms with Crippen LogP contribution in [-0.4, -0.2) is 36.0 Å². The maximum atomic E-state index is 13.1. The lowest BCUT2D eigenvalue weighted by Gasteiger charge is -1.96. The molecule has 72 valence electrons. The summed E-state index contributed by atoms with van der Waals surface area (Å²) in [5, 5.41) is 13.4. The Morgan fingerprint density at radius 3 is 2.79 bits per heavy atom. The first-order chi connectivity index (χ1) is 6.70. The second-order valence-electron chi connectivity index (χ2n) is 2.21. The van der Waals surface area contributed by atoms with Crippen molar-refractivity contribution in [2.45, 2.75) is 0 Å². The lowest BCUT2D eigenvalue weighted by Crippen LogP contribution is -2.22. The van der Waals surface area contributed by atoms with Crippen molar-refractivity contribution in [2.24, 2.45) is 0 Å². The molecule has 9 heteroatoms. The summed E-state index contributed by atoms with van der Waals surface area (Å²) in [5.74, 6) is -0.884. The molecule has 0 unspecified atom stereocenters. The van der Waals surface area contributed by atoms with Crippen molar-refractivity contribution in [2.75, 3.05) is 0 Å². The molecule has 0 aromatic carbocycles. The minimum atomic E-state index is -0.884. The van der Waals surface area contributed by atoms with Gasteiger partial charge in [0.1, 0.15) is 0 Å². The van der Waals surface area contributed by atoms with Crippen LogP contribution in [0.3, 0.4) is 0 Å². The van der Waals surface area contributed by atoms with Gasteiger partial charge >= 0.3 is 6.03 Å². The summed E-state index contributed by atoms with van der Waals surface area (Å²) in [6.07, 6.45) is 2.57. The van der Waals surface area contributed by atoms with Gasteiger partial charge in [0.2, 0.25) is 0 Å².